The second-order valence-electron chi connectivity index (χ2n) is 4.92. The van der Waals surface area contributed by atoms with E-state index in [0.717, 1.165) is 44.3 Å². The fourth-order valence-corrected chi connectivity index (χ4v) is 2.25. The molecule has 1 fully saturated rings. The van der Waals surface area contributed by atoms with Crippen LogP contribution in [0, 0.1) is 0 Å². The average molecular weight is 278 g/mol. The number of pyridine rings is 1. The van der Waals surface area contributed by atoms with Gasteiger partial charge in [0.25, 0.3) is 0 Å². The zero-order valence-electron chi connectivity index (χ0n) is 11.6. The van der Waals surface area contributed by atoms with Gasteiger partial charge in [-0.1, -0.05) is 5.16 Å². The molecule has 6 heteroatoms. The van der Waals surface area contributed by atoms with Gasteiger partial charge in [-0.05, 0) is 37.8 Å². The molecule has 3 N–H and O–H groups in total. The van der Waals surface area contributed by atoms with E-state index in [4.69, 9.17) is 10.6 Å². The molecular weight excluding hydrogens is 256 g/mol. The monoisotopic (exact) mass is 278 g/mol. The molecule has 1 aliphatic rings. The standard InChI is InChI=1S/C14H22N4O2/c15-14(12-5-3-7-16-11-12)17-20-10-4-9-18-8-2-1-6-13(18)19/h3,5,7,11,13,19H,1-2,4,6,8-10H2,(H2,15,17). The molecule has 0 saturated carbocycles. The Kier molecular flexibility index (Phi) is 5.76. The summed E-state index contributed by atoms with van der Waals surface area (Å²) in [6.07, 6.45) is 6.99. The number of nitrogens with two attached hydrogens (primary N) is 1. The lowest BCUT2D eigenvalue weighted by Gasteiger charge is -2.31. The Morgan fingerprint density at radius 3 is 3.20 bits per heavy atom. The summed E-state index contributed by atoms with van der Waals surface area (Å²) in [7, 11) is 0. The predicted molar refractivity (Wildman–Crippen MR) is 77.0 cm³/mol. The van der Waals surface area contributed by atoms with Crippen molar-refractivity contribution in [2.45, 2.75) is 31.9 Å². The predicted octanol–water partition coefficient (Wildman–Crippen LogP) is 0.913. The normalized spacial score (nSPS) is 20.9. The first-order valence-corrected chi connectivity index (χ1v) is 7.05. The van der Waals surface area contributed by atoms with E-state index in [2.05, 4.69) is 15.0 Å². The summed E-state index contributed by atoms with van der Waals surface area (Å²) in [4.78, 5) is 11.3. The largest absolute Gasteiger partial charge is 0.394 e. The van der Waals surface area contributed by atoms with E-state index in [1.165, 1.54) is 0 Å². The van der Waals surface area contributed by atoms with E-state index in [9.17, 15) is 5.11 Å². The summed E-state index contributed by atoms with van der Waals surface area (Å²) in [6, 6.07) is 3.63. The third-order valence-electron chi connectivity index (χ3n) is 3.38. The van der Waals surface area contributed by atoms with Crippen LogP contribution >= 0.6 is 0 Å². The van der Waals surface area contributed by atoms with Gasteiger partial charge in [-0.15, -0.1) is 0 Å². The molecule has 1 aliphatic heterocycles. The van der Waals surface area contributed by atoms with Crippen molar-refractivity contribution in [1.82, 2.24) is 9.88 Å². The molecule has 1 aromatic rings. The summed E-state index contributed by atoms with van der Waals surface area (Å²) < 4.78 is 0. The number of likely N-dealkylation sites (tertiary alicyclic amines) is 1. The molecule has 0 spiro atoms. The molecule has 0 bridgehead atoms. The maximum absolute atomic E-state index is 9.79. The van der Waals surface area contributed by atoms with E-state index >= 15 is 0 Å². The van der Waals surface area contributed by atoms with Crippen LogP contribution in [0.15, 0.2) is 29.7 Å². The molecule has 0 aliphatic carbocycles. The number of rotatable bonds is 6. The minimum absolute atomic E-state index is 0.298. The zero-order valence-corrected chi connectivity index (χ0v) is 11.6. The highest BCUT2D eigenvalue weighted by molar-refractivity contribution is 5.96. The third-order valence-corrected chi connectivity index (χ3v) is 3.38. The first-order valence-electron chi connectivity index (χ1n) is 7.05. The van der Waals surface area contributed by atoms with Crippen LogP contribution in [0.1, 0.15) is 31.2 Å². The summed E-state index contributed by atoms with van der Waals surface area (Å²) in [5.41, 5.74) is 6.53. The molecule has 20 heavy (non-hydrogen) atoms. The molecular formula is C14H22N4O2. The highest BCUT2D eigenvalue weighted by Crippen LogP contribution is 2.14. The van der Waals surface area contributed by atoms with Crippen LogP contribution in [0.4, 0.5) is 0 Å². The molecule has 1 unspecified atom stereocenters. The number of hydrogen-bond acceptors (Lipinski definition) is 5. The van der Waals surface area contributed by atoms with E-state index in [0.29, 0.717) is 12.4 Å². The molecule has 0 radical (unpaired) electrons. The SMILES string of the molecule is NC(=NOCCCN1CCCCC1O)c1cccnc1. The van der Waals surface area contributed by atoms with Crippen LogP contribution in [0.3, 0.4) is 0 Å². The number of amidine groups is 1. The molecule has 6 nitrogen and oxygen atoms in total. The Labute approximate surface area is 119 Å². The number of aromatic nitrogens is 1. The number of piperidine rings is 1. The van der Waals surface area contributed by atoms with Gasteiger partial charge in [0.1, 0.15) is 12.8 Å². The minimum Gasteiger partial charge on any atom is -0.394 e. The maximum atomic E-state index is 9.79. The molecule has 1 aromatic heterocycles. The fraction of sp³-hybridized carbons (Fsp3) is 0.571. The molecule has 2 rings (SSSR count). The second-order valence-corrected chi connectivity index (χ2v) is 4.92. The Morgan fingerprint density at radius 2 is 2.45 bits per heavy atom. The minimum atomic E-state index is -0.298. The molecule has 0 amide bonds. The van der Waals surface area contributed by atoms with Gasteiger partial charge >= 0.3 is 0 Å². The van der Waals surface area contributed by atoms with Gasteiger partial charge < -0.3 is 15.7 Å². The van der Waals surface area contributed by atoms with Crippen LogP contribution in [0.5, 0.6) is 0 Å². The van der Waals surface area contributed by atoms with Crippen molar-refractivity contribution in [3.05, 3.63) is 30.1 Å². The topological polar surface area (TPSA) is 84.0 Å². The first-order chi connectivity index (χ1) is 9.77. The van der Waals surface area contributed by atoms with Crippen molar-refractivity contribution in [3.63, 3.8) is 0 Å². The van der Waals surface area contributed by atoms with Gasteiger partial charge in [-0.3, -0.25) is 9.88 Å². The van der Waals surface area contributed by atoms with Gasteiger partial charge in [-0.2, -0.15) is 0 Å². The van der Waals surface area contributed by atoms with Crippen LogP contribution in [0.25, 0.3) is 0 Å². The van der Waals surface area contributed by atoms with Gasteiger partial charge in [0.05, 0.1) is 0 Å². The quantitative estimate of drug-likeness (QED) is 0.350. The van der Waals surface area contributed by atoms with Crippen molar-refractivity contribution >= 4 is 5.84 Å². The summed E-state index contributed by atoms with van der Waals surface area (Å²) in [6.45, 7) is 2.27. The summed E-state index contributed by atoms with van der Waals surface area (Å²) in [5.74, 6) is 0.330. The number of hydrogen-bond donors (Lipinski definition) is 2. The van der Waals surface area contributed by atoms with Crippen LogP contribution in [0.2, 0.25) is 0 Å². The van der Waals surface area contributed by atoms with Gasteiger partial charge in [0.15, 0.2) is 5.84 Å². The smallest absolute Gasteiger partial charge is 0.171 e. The highest BCUT2D eigenvalue weighted by Gasteiger charge is 2.18. The molecule has 1 atom stereocenters. The average Bonchev–Trinajstić information content (AvgIpc) is 2.49. The number of aliphatic hydroxyl groups excluding tert-OH is 1. The van der Waals surface area contributed by atoms with Crippen molar-refractivity contribution in [3.8, 4) is 0 Å². The van der Waals surface area contributed by atoms with Gasteiger partial charge in [0, 0.05) is 31.0 Å². The van der Waals surface area contributed by atoms with Crippen LogP contribution in [-0.2, 0) is 4.84 Å². The molecule has 2 heterocycles. The lowest BCUT2D eigenvalue weighted by molar-refractivity contribution is -0.0278. The van der Waals surface area contributed by atoms with Crippen LogP contribution < -0.4 is 5.73 Å². The first kappa shape index (κ1) is 14.7. The van der Waals surface area contributed by atoms with E-state index in [1.54, 1.807) is 18.5 Å². The zero-order chi connectivity index (χ0) is 14.2. The van der Waals surface area contributed by atoms with Gasteiger partial charge in [0.2, 0.25) is 0 Å². The summed E-state index contributed by atoms with van der Waals surface area (Å²) >= 11 is 0. The molecule has 0 aromatic carbocycles. The van der Waals surface area contributed by atoms with E-state index in [-0.39, 0.29) is 6.23 Å². The number of aliphatic hydroxyl groups is 1. The lowest BCUT2D eigenvalue weighted by atomic mass is 10.1. The van der Waals surface area contributed by atoms with Crippen LogP contribution in [-0.4, -0.2) is 46.8 Å². The van der Waals surface area contributed by atoms with E-state index < -0.39 is 0 Å². The second kappa shape index (κ2) is 7.81. The van der Waals surface area contributed by atoms with Crippen molar-refractivity contribution < 1.29 is 9.94 Å². The van der Waals surface area contributed by atoms with Crippen molar-refractivity contribution in [1.29, 1.82) is 0 Å². The van der Waals surface area contributed by atoms with Crippen molar-refractivity contribution in [2.75, 3.05) is 19.7 Å². The van der Waals surface area contributed by atoms with Crippen molar-refractivity contribution in [2.24, 2.45) is 10.9 Å². The van der Waals surface area contributed by atoms with Gasteiger partial charge in [-0.25, -0.2) is 0 Å². The Balaban J connectivity index is 1.66. The Bertz CT molecular complexity index is 424. The third kappa shape index (κ3) is 4.47. The number of oxime groups is 1. The number of nitrogens with zero attached hydrogens (tertiary/aromatic N) is 3. The maximum Gasteiger partial charge on any atom is 0.171 e. The lowest BCUT2D eigenvalue weighted by Crippen LogP contribution is -2.40. The Morgan fingerprint density at radius 1 is 1.55 bits per heavy atom. The van der Waals surface area contributed by atoms with E-state index in [1.807, 2.05) is 6.07 Å². The highest BCUT2D eigenvalue weighted by atomic mass is 16.6. The summed E-state index contributed by atoms with van der Waals surface area (Å²) in [5, 5.41) is 13.7. The molecule has 1 saturated heterocycles. The Hall–Kier alpha value is -1.66. The fourth-order valence-electron chi connectivity index (χ4n) is 2.25. The molecule has 110 valence electrons.